The van der Waals surface area contributed by atoms with Crippen LogP contribution < -0.4 is 9.62 Å². The van der Waals surface area contributed by atoms with Gasteiger partial charge in [-0.2, -0.15) is 0 Å². The molecule has 0 aromatic heterocycles. The minimum atomic E-state index is -3.49. The lowest BCUT2D eigenvalue weighted by Crippen LogP contribution is -2.58. The number of hydrogen-bond donors (Lipinski definition) is 1. The summed E-state index contributed by atoms with van der Waals surface area (Å²) < 4.78 is 28.7. The van der Waals surface area contributed by atoms with E-state index in [0.29, 0.717) is 4.90 Å². The SMILES string of the molecule is O=S(=O)(N[C@@H]1CCCC[C@@H]1N1CCN(c2cccc(Cl)c2)CC1)c1ccccc1. The summed E-state index contributed by atoms with van der Waals surface area (Å²) in [6.07, 6.45) is 4.16. The van der Waals surface area contributed by atoms with E-state index < -0.39 is 10.0 Å². The van der Waals surface area contributed by atoms with Crippen molar-refractivity contribution in [2.45, 2.75) is 42.7 Å². The van der Waals surface area contributed by atoms with E-state index in [1.165, 1.54) is 0 Å². The molecule has 1 saturated heterocycles. The van der Waals surface area contributed by atoms with Crippen LogP contribution in [0.5, 0.6) is 0 Å². The minimum absolute atomic E-state index is 0.0355. The van der Waals surface area contributed by atoms with Crippen molar-refractivity contribution in [3.8, 4) is 0 Å². The average molecular weight is 434 g/mol. The molecule has 29 heavy (non-hydrogen) atoms. The highest BCUT2D eigenvalue weighted by molar-refractivity contribution is 7.89. The first-order valence-corrected chi connectivity index (χ1v) is 12.2. The van der Waals surface area contributed by atoms with E-state index in [0.717, 1.165) is 62.6 Å². The van der Waals surface area contributed by atoms with E-state index in [1.807, 2.05) is 24.3 Å². The molecule has 5 nitrogen and oxygen atoms in total. The van der Waals surface area contributed by atoms with Crippen molar-refractivity contribution in [2.75, 3.05) is 31.1 Å². The monoisotopic (exact) mass is 433 g/mol. The molecule has 7 heteroatoms. The molecule has 0 radical (unpaired) electrons. The molecule has 156 valence electrons. The second-order valence-corrected chi connectivity index (χ2v) is 10.0. The van der Waals surface area contributed by atoms with Crippen molar-refractivity contribution in [1.82, 2.24) is 9.62 Å². The zero-order valence-corrected chi connectivity index (χ0v) is 18.1. The maximum Gasteiger partial charge on any atom is 0.240 e. The predicted molar refractivity (Wildman–Crippen MR) is 118 cm³/mol. The molecule has 1 aliphatic heterocycles. The van der Waals surface area contributed by atoms with Crippen LogP contribution in [0.4, 0.5) is 5.69 Å². The van der Waals surface area contributed by atoms with Crippen LogP contribution >= 0.6 is 11.6 Å². The van der Waals surface area contributed by atoms with Gasteiger partial charge in [0.1, 0.15) is 0 Å². The second kappa shape index (κ2) is 9.04. The molecule has 2 atom stereocenters. The van der Waals surface area contributed by atoms with Crippen LogP contribution in [-0.4, -0.2) is 51.6 Å². The van der Waals surface area contributed by atoms with Gasteiger partial charge in [-0.25, -0.2) is 13.1 Å². The fraction of sp³-hybridized carbons (Fsp3) is 0.455. The van der Waals surface area contributed by atoms with Crippen LogP contribution in [0.15, 0.2) is 59.5 Å². The first kappa shape index (κ1) is 20.7. The Balaban J connectivity index is 1.42. The summed E-state index contributed by atoms with van der Waals surface area (Å²) in [6.45, 7) is 3.71. The van der Waals surface area contributed by atoms with Crippen LogP contribution in [0.3, 0.4) is 0 Å². The molecule has 2 fully saturated rings. The highest BCUT2D eigenvalue weighted by Gasteiger charge is 2.34. The lowest BCUT2D eigenvalue weighted by atomic mass is 9.89. The summed E-state index contributed by atoms with van der Waals surface area (Å²) in [5, 5.41) is 0.757. The standard InChI is InChI=1S/C22H28ClN3O2S/c23-18-7-6-8-19(17-18)25-13-15-26(16-14-25)22-12-5-4-11-21(22)24-29(27,28)20-9-2-1-3-10-20/h1-3,6-10,17,21-22,24H,4-5,11-16H2/t21-,22+/m1/s1. The highest BCUT2D eigenvalue weighted by Crippen LogP contribution is 2.27. The topological polar surface area (TPSA) is 52.7 Å². The molecule has 1 saturated carbocycles. The summed E-state index contributed by atoms with van der Waals surface area (Å²) in [7, 11) is -3.49. The van der Waals surface area contributed by atoms with E-state index in [-0.39, 0.29) is 12.1 Å². The molecule has 1 N–H and O–H groups in total. The molecule has 4 rings (SSSR count). The van der Waals surface area contributed by atoms with Crippen molar-refractivity contribution in [1.29, 1.82) is 0 Å². The summed E-state index contributed by atoms with van der Waals surface area (Å²) in [6, 6.07) is 16.9. The van der Waals surface area contributed by atoms with Crippen LogP contribution in [-0.2, 0) is 10.0 Å². The van der Waals surface area contributed by atoms with Gasteiger partial charge in [-0.05, 0) is 43.2 Å². The number of piperazine rings is 1. The number of nitrogens with one attached hydrogen (secondary N) is 1. The van der Waals surface area contributed by atoms with Crippen molar-refractivity contribution in [3.63, 3.8) is 0 Å². The van der Waals surface area contributed by atoms with Gasteiger partial charge < -0.3 is 4.90 Å². The number of hydrogen-bond acceptors (Lipinski definition) is 4. The molecule has 0 unspecified atom stereocenters. The zero-order valence-electron chi connectivity index (χ0n) is 16.5. The molecule has 2 aromatic rings. The zero-order chi connectivity index (χ0) is 20.3. The van der Waals surface area contributed by atoms with Gasteiger partial charge in [-0.1, -0.05) is 48.7 Å². The molecule has 0 amide bonds. The summed E-state index contributed by atoms with van der Waals surface area (Å²) >= 11 is 6.14. The van der Waals surface area contributed by atoms with Gasteiger partial charge in [0.05, 0.1) is 4.90 Å². The van der Waals surface area contributed by atoms with Crippen molar-refractivity contribution in [3.05, 3.63) is 59.6 Å². The van der Waals surface area contributed by atoms with Crippen LogP contribution in [0, 0.1) is 0 Å². The van der Waals surface area contributed by atoms with Gasteiger partial charge in [0.25, 0.3) is 0 Å². The largest absolute Gasteiger partial charge is 0.369 e. The van der Waals surface area contributed by atoms with Gasteiger partial charge in [0, 0.05) is 49.0 Å². The lowest BCUT2D eigenvalue weighted by Gasteiger charge is -2.44. The van der Waals surface area contributed by atoms with Crippen molar-refractivity contribution in [2.24, 2.45) is 0 Å². The van der Waals surface area contributed by atoms with E-state index in [1.54, 1.807) is 24.3 Å². The molecular formula is C22H28ClN3O2S. The smallest absolute Gasteiger partial charge is 0.240 e. The van der Waals surface area contributed by atoms with Crippen LogP contribution in [0.2, 0.25) is 5.02 Å². The Morgan fingerprint density at radius 1 is 0.897 bits per heavy atom. The number of halogens is 1. The van der Waals surface area contributed by atoms with Gasteiger partial charge in [-0.15, -0.1) is 0 Å². The summed E-state index contributed by atoms with van der Waals surface area (Å²) in [5.74, 6) is 0. The first-order chi connectivity index (χ1) is 14.0. The Bertz CT molecular complexity index is 915. The first-order valence-electron chi connectivity index (χ1n) is 10.3. The lowest BCUT2D eigenvalue weighted by molar-refractivity contribution is 0.124. The Labute approximate surface area is 178 Å². The van der Waals surface area contributed by atoms with Crippen LogP contribution in [0.1, 0.15) is 25.7 Å². The van der Waals surface area contributed by atoms with Gasteiger partial charge in [0.15, 0.2) is 0 Å². The Kier molecular flexibility index (Phi) is 6.44. The number of anilines is 1. The van der Waals surface area contributed by atoms with Crippen molar-refractivity contribution >= 4 is 27.3 Å². The van der Waals surface area contributed by atoms with Gasteiger partial charge in [-0.3, -0.25) is 4.90 Å². The number of rotatable bonds is 5. The molecule has 0 spiro atoms. The fourth-order valence-electron chi connectivity index (χ4n) is 4.54. The van der Waals surface area contributed by atoms with Gasteiger partial charge in [0.2, 0.25) is 10.0 Å². The summed E-state index contributed by atoms with van der Waals surface area (Å²) in [5.41, 5.74) is 1.15. The Hall–Kier alpha value is -1.60. The van der Waals surface area contributed by atoms with E-state index >= 15 is 0 Å². The predicted octanol–water partition coefficient (Wildman–Crippen LogP) is 3.75. The third-order valence-electron chi connectivity index (χ3n) is 6.05. The Morgan fingerprint density at radius 2 is 1.62 bits per heavy atom. The van der Waals surface area contributed by atoms with Crippen LogP contribution in [0.25, 0.3) is 0 Å². The van der Waals surface area contributed by atoms with E-state index in [4.69, 9.17) is 11.6 Å². The quantitative estimate of drug-likeness (QED) is 0.780. The third kappa shape index (κ3) is 4.94. The number of benzene rings is 2. The Morgan fingerprint density at radius 3 is 2.34 bits per heavy atom. The average Bonchev–Trinajstić information content (AvgIpc) is 2.75. The second-order valence-electron chi connectivity index (χ2n) is 7.90. The molecule has 2 aromatic carbocycles. The normalized spacial score (nSPS) is 23.8. The minimum Gasteiger partial charge on any atom is -0.369 e. The fourth-order valence-corrected chi connectivity index (χ4v) is 6.05. The molecule has 0 bridgehead atoms. The van der Waals surface area contributed by atoms with Gasteiger partial charge >= 0.3 is 0 Å². The molecule has 2 aliphatic rings. The molecule has 1 aliphatic carbocycles. The third-order valence-corrected chi connectivity index (χ3v) is 7.79. The number of sulfonamides is 1. The number of nitrogens with zero attached hydrogens (tertiary/aromatic N) is 2. The molecular weight excluding hydrogens is 406 g/mol. The summed E-state index contributed by atoms with van der Waals surface area (Å²) in [4.78, 5) is 5.17. The van der Waals surface area contributed by atoms with E-state index in [9.17, 15) is 8.42 Å². The maximum atomic E-state index is 12.8. The van der Waals surface area contributed by atoms with Crippen molar-refractivity contribution < 1.29 is 8.42 Å². The molecule has 1 heterocycles. The maximum absolute atomic E-state index is 12.8. The van der Waals surface area contributed by atoms with E-state index in [2.05, 4.69) is 20.6 Å². The highest BCUT2D eigenvalue weighted by atomic mass is 35.5.